The van der Waals surface area contributed by atoms with E-state index in [1.54, 1.807) is 18.2 Å². The molecule has 6 heteroatoms. The first-order valence-corrected chi connectivity index (χ1v) is 7.34. The maximum Gasteiger partial charge on any atom is 0.419 e. The highest BCUT2D eigenvalue weighted by atomic mass is 79.9. The van der Waals surface area contributed by atoms with Gasteiger partial charge >= 0.3 is 6.18 Å². The summed E-state index contributed by atoms with van der Waals surface area (Å²) in [5.41, 5.74) is 0.523. The molecule has 0 aliphatic rings. The molecule has 2 aromatic rings. The number of benzene rings is 2. The molecule has 0 unspecified atom stereocenters. The monoisotopic (exact) mass is 378 g/mol. The summed E-state index contributed by atoms with van der Waals surface area (Å²) < 4.78 is 45.3. The van der Waals surface area contributed by atoms with E-state index in [1.165, 1.54) is 12.1 Å². The molecule has 0 fully saturated rings. The molecule has 2 rings (SSSR count). The fraction of sp³-hybridized carbons (Fsp3) is 0.200. The van der Waals surface area contributed by atoms with Crippen molar-refractivity contribution in [3.8, 4) is 11.5 Å². The minimum Gasteiger partial charge on any atom is -0.456 e. The number of halogens is 5. The molecule has 0 radical (unpaired) electrons. The Labute approximate surface area is 133 Å². The third-order valence-electron chi connectivity index (χ3n) is 2.81. The topological polar surface area (TPSA) is 9.23 Å². The van der Waals surface area contributed by atoms with Crippen molar-refractivity contribution in [2.45, 2.75) is 19.0 Å². The predicted molar refractivity (Wildman–Crippen MR) is 80.0 cm³/mol. The molecule has 2 aromatic carbocycles. The summed E-state index contributed by atoms with van der Waals surface area (Å²) in [6.07, 6.45) is -4.51. The Kier molecular flexibility index (Phi) is 4.84. The summed E-state index contributed by atoms with van der Waals surface area (Å²) in [4.78, 5) is 0. The lowest BCUT2D eigenvalue weighted by atomic mass is 10.1. The number of hydrogen-bond acceptors (Lipinski definition) is 1. The van der Waals surface area contributed by atoms with Gasteiger partial charge in [-0.15, -0.1) is 11.6 Å². The van der Waals surface area contributed by atoms with Crippen molar-refractivity contribution in [2.75, 3.05) is 0 Å². The van der Waals surface area contributed by atoms with Crippen molar-refractivity contribution in [2.24, 2.45) is 0 Å². The van der Waals surface area contributed by atoms with Crippen LogP contribution in [-0.4, -0.2) is 0 Å². The lowest BCUT2D eigenvalue weighted by molar-refractivity contribution is -0.138. The zero-order valence-corrected chi connectivity index (χ0v) is 13.3. The van der Waals surface area contributed by atoms with E-state index in [0.717, 1.165) is 11.6 Å². The lowest BCUT2D eigenvalue weighted by Gasteiger charge is -2.15. The van der Waals surface area contributed by atoms with Gasteiger partial charge in [-0.25, -0.2) is 0 Å². The van der Waals surface area contributed by atoms with Gasteiger partial charge in [-0.2, -0.15) is 13.2 Å². The van der Waals surface area contributed by atoms with Gasteiger partial charge in [0.05, 0.1) is 10.0 Å². The minimum atomic E-state index is -4.51. The number of rotatable bonds is 3. The first-order valence-electron chi connectivity index (χ1n) is 6.01. The van der Waals surface area contributed by atoms with Gasteiger partial charge in [0.2, 0.25) is 0 Å². The van der Waals surface area contributed by atoms with Crippen molar-refractivity contribution >= 4 is 27.5 Å². The fourth-order valence-corrected chi connectivity index (χ4v) is 2.52. The summed E-state index contributed by atoms with van der Waals surface area (Å²) in [7, 11) is 0. The Morgan fingerprint density at radius 2 is 1.76 bits per heavy atom. The average molecular weight is 380 g/mol. The Morgan fingerprint density at radius 1 is 1.10 bits per heavy atom. The normalized spacial score (nSPS) is 11.5. The molecule has 0 heterocycles. The Hall–Kier alpha value is -1.20. The lowest BCUT2D eigenvalue weighted by Crippen LogP contribution is -2.08. The SMILES string of the molecule is Cc1ccc(Oc2ccc(CCl)cc2C(F)(F)F)c(Br)c1. The molecule has 21 heavy (non-hydrogen) atoms. The largest absolute Gasteiger partial charge is 0.456 e. The summed E-state index contributed by atoms with van der Waals surface area (Å²) in [6, 6.07) is 8.96. The number of hydrogen-bond donors (Lipinski definition) is 0. The second kappa shape index (κ2) is 6.28. The number of ether oxygens (including phenoxy) is 1. The summed E-state index contributed by atoms with van der Waals surface area (Å²) in [5.74, 6) is 0.0862. The van der Waals surface area contributed by atoms with Crippen LogP contribution < -0.4 is 4.74 Å². The molecule has 0 N–H and O–H groups in total. The van der Waals surface area contributed by atoms with E-state index < -0.39 is 11.7 Å². The van der Waals surface area contributed by atoms with Crippen LogP contribution in [0.4, 0.5) is 13.2 Å². The van der Waals surface area contributed by atoms with E-state index in [2.05, 4.69) is 15.9 Å². The van der Waals surface area contributed by atoms with Crippen molar-refractivity contribution in [3.05, 3.63) is 57.6 Å². The van der Waals surface area contributed by atoms with Crippen molar-refractivity contribution < 1.29 is 17.9 Å². The smallest absolute Gasteiger partial charge is 0.419 e. The van der Waals surface area contributed by atoms with E-state index in [9.17, 15) is 13.2 Å². The molecule has 0 spiro atoms. The molecular formula is C15H11BrClF3O. The summed E-state index contributed by atoms with van der Waals surface area (Å²) in [5, 5.41) is 0. The van der Waals surface area contributed by atoms with Crippen LogP contribution in [0.5, 0.6) is 11.5 Å². The minimum absolute atomic E-state index is 0.0115. The molecule has 0 aliphatic carbocycles. The van der Waals surface area contributed by atoms with Crippen molar-refractivity contribution in [1.29, 1.82) is 0 Å². The summed E-state index contributed by atoms with van der Waals surface area (Å²) >= 11 is 8.87. The second-order valence-corrected chi connectivity index (χ2v) is 5.62. The first kappa shape index (κ1) is 16.2. The molecule has 0 aromatic heterocycles. The Morgan fingerprint density at radius 3 is 2.33 bits per heavy atom. The van der Waals surface area contributed by atoms with Crippen LogP contribution in [0.1, 0.15) is 16.7 Å². The molecule has 112 valence electrons. The Balaban J connectivity index is 2.44. The highest BCUT2D eigenvalue weighted by Crippen LogP contribution is 2.40. The zero-order valence-electron chi connectivity index (χ0n) is 11.0. The van der Waals surface area contributed by atoms with Crippen LogP contribution in [0.25, 0.3) is 0 Å². The maximum atomic E-state index is 13.1. The highest BCUT2D eigenvalue weighted by Gasteiger charge is 2.35. The van der Waals surface area contributed by atoms with Gasteiger partial charge in [0.1, 0.15) is 11.5 Å². The first-order chi connectivity index (χ1) is 9.81. The standard InChI is InChI=1S/C15H11BrClF3O/c1-9-2-4-14(12(16)6-9)21-13-5-3-10(8-17)7-11(13)15(18,19)20/h2-7H,8H2,1H3. The van der Waals surface area contributed by atoms with Gasteiger partial charge in [0.15, 0.2) is 0 Å². The predicted octanol–water partition coefficient (Wildman–Crippen LogP) is 6.31. The van der Waals surface area contributed by atoms with Gasteiger partial charge in [-0.05, 0) is 58.2 Å². The molecule has 0 amide bonds. The number of alkyl halides is 4. The van der Waals surface area contributed by atoms with Gasteiger partial charge in [0, 0.05) is 5.88 Å². The van der Waals surface area contributed by atoms with Crippen LogP contribution in [0.3, 0.4) is 0 Å². The van der Waals surface area contributed by atoms with Gasteiger partial charge in [-0.1, -0.05) is 12.1 Å². The van der Waals surface area contributed by atoms with E-state index in [0.29, 0.717) is 15.8 Å². The summed E-state index contributed by atoms with van der Waals surface area (Å²) in [6.45, 7) is 1.88. The quantitative estimate of drug-likeness (QED) is 0.568. The van der Waals surface area contributed by atoms with E-state index in [1.807, 2.05) is 6.92 Å². The molecule has 0 atom stereocenters. The van der Waals surface area contributed by atoms with Crippen LogP contribution in [0.2, 0.25) is 0 Å². The highest BCUT2D eigenvalue weighted by molar-refractivity contribution is 9.10. The van der Waals surface area contributed by atoms with Gasteiger partial charge < -0.3 is 4.74 Å². The second-order valence-electron chi connectivity index (χ2n) is 4.50. The van der Waals surface area contributed by atoms with Crippen LogP contribution in [0.15, 0.2) is 40.9 Å². The van der Waals surface area contributed by atoms with Crippen LogP contribution >= 0.6 is 27.5 Å². The van der Waals surface area contributed by atoms with Gasteiger partial charge in [0.25, 0.3) is 0 Å². The number of aryl methyl sites for hydroxylation is 1. The van der Waals surface area contributed by atoms with E-state index >= 15 is 0 Å². The van der Waals surface area contributed by atoms with E-state index in [4.69, 9.17) is 16.3 Å². The van der Waals surface area contributed by atoms with Crippen LogP contribution in [-0.2, 0) is 12.1 Å². The molecule has 0 saturated heterocycles. The molecular weight excluding hydrogens is 369 g/mol. The third-order valence-corrected chi connectivity index (χ3v) is 3.74. The molecule has 0 bridgehead atoms. The van der Waals surface area contributed by atoms with Crippen molar-refractivity contribution in [3.63, 3.8) is 0 Å². The maximum absolute atomic E-state index is 13.1. The van der Waals surface area contributed by atoms with Crippen molar-refractivity contribution in [1.82, 2.24) is 0 Å². The van der Waals surface area contributed by atoms with Gasteiger partial charge in [-0.3, -0.25) is 0 Å². The van der Waals surface area contributed by atoms with Crippen LogP contribution in [0, 0.1) is 6.92 Å². The fourth-order valence-electron chi connectivity index (χ4n) is 1.78. The Bertz CT molecular complexity index is 656. The average Bonchev–Trinajstić information content (AvgIpc) is 2.41. The molecule has 0 saturated carbocycles. The zero-order chi connectivity index (χ0) is 15.6. The third kappa shape index (κ3) is 3.92. The molecule has 0 aliphatic heterocycles. The molecule has 1 nitrogen and oxygen atoms in total. The van der Waals surface area contributed by atoms with E-state index in [-0.39, 0.29) is 11.6 Å².